The molecule has 24 heavy (non-hydrogen) atoms. The fourth-order valence-corrected chi connectivity index (χ4v) is 2.94. The first-order chi connectivity index (χ1) is 11.9. The molecule has 2 aromatic rings. The van der Waals surface area contributed by atoms with E-state index < -0.39 is 0 Å². The highest BCUT2D eigenvalue weighted by molar-refractivity contribution is 5.79. The van der Waals surface area contributed by atoms with Crippen molar-refractivity contribution in [1.29, 1.82) is 0 Å². The number of nitrogens with zero attached hydrogens (tertiary/aromatic N) is 1. The Bertz CT molecular complexity index is 670. The molecule has 4 nitrogen and oxygen atoms in total. The molecule has 0 fully saturated rings. The first kappa shape index (κ1) is 16.4. The lowest BCUT2D eigenvalue weighted by molar-refractivity contribution is 0.267. The zero-order valence-corrected chi connectivity index (χ0v) is 14.2. The third-order valence-electron chi connectivity index (χ3n) is 4.21. The first-order valence-corrected chi connectivity index (χ1v) is 8.64. The molecular formula is C20H25N3O. The predicted molar refractivity (Wildman–Crippen MR) is 98.6 cm³/mol. The zero-order chi connectivity index (χ0) is 16.6. The van der Waals surface area contributed by atoms with Crippen LogP contribution in [0.15, 0.2) is 59.6 Å². The molecule has 3 rings (SSSR count). The van der Waals surface area contributed by atoms with E-state index in [1.54, 1.807) is 0 Å². The molecular weight excluding hydrogens is 298 g/mol. The summed E-state index contributed by atoms with van der Waals surface area (Å²) in [5.74, 6) is 2.34. The van der Waals surface area contributed by atoms with Gasteiger partial charge in [0.2, 0.25) is 0 Å². The summed E-state index contributed by atoms with van der Waals surface area (Å²) >= 11 is 0. The predicted octanol–water partition coefficient (Wildman–Crippen LogP) is 3.31. The van der Waals surface area contributed by atoms with Crippen molar-refractivity contribution >= 4 is 5.96 Å². The molecule has 0 saturated carbocycles. The molecule has 0 amide bonds. The normalized spacial score (nSPS) is 16.9. The summed E-state index contributed by atoms with van der Waals surface area (Å²) in [5.41, 5.74) is 2.50. The van der Waals surface area contributed by atoms with Gasteiger partial charge in [0.05, 0.1) is 13.2 Å². The maximum absolute atomic E-state index is 5.74. The number of para-hydroxylation sites is 1. The highest BCUT2D eigenvalue weighted by atomic mass is 16.5. The lowest BCUT2D eigenvalue weighted by Gasteiger charge is -2.26. The van der Waals surface area contributed by atoms with Gasteiger partial charge in [0.1, 0.15) is 5.75 Å². The number of hydrogen-bond donors (Lipinski definition) is 2. The first-order valence-electron chi connectivity index (χ1n) is 8.64. The van der Waals surface area contributed by atoms with Crippen LogP contribution in [0.25, 0.3) is 0 Å². The van der Waals surface area contributed by atoms with Crippen molar-refractivity contribution in [2.45, 2.75) is 25.8 Å². The summed E-state index contributed by atoms with van der Waals surface area (Å²) in [6.45, 7) is 5.26. The Morgan fingerprint density at radius 1 is 1.08 bits per heavy atom. The lowest BCUT2D eigenvalue weighted by Crippen LogP contribution is -2.40. The van der Waals surface area contributed by atoms with Crippen LogP contribution in [0.2, 0.25) is 0 Å². The van der Waals surface area contributed by atoms with Crippen molar-refractivity contribution < 1.29 is 4.74 Å². The molecule has 0 bridgehead atoms. The number of ether oxygens (including phenoxy) is 1. The summed E-state index contributed by atoms with van der Waals surface area (Å²) in [5, 5.41) is 6.81. The second kappa shape index (κ2) is 8.39. The van der Waals surface area contributed by atoms with Crippen LogP contribution in [0.1, 0.15) is 30.4 Å². The van der Waals surface area contributed by atoms with Gasteiger partial charge < -0.3 is 15.4 Å². The minimum Gasteiger partial charge on any atom is -0.493 e. The molecule has 0 aromatic heterocycles. The molecule has 4 heteroatoms. The number of aliphatic imine (C=N–C) groups is 1. The molecule has 1 heterocycles. The molecule has 0 saturated heterocycles. The van der Waals surface area contributed by atoms with E-state index in [0.29, 0.717) is 12.5 Å². The summed E-state index contributed by atoms with van der Waals surface area (Å²) in [4.78, 5) is 4.69. The van der Waals surface area contributed by atoms with Crippen molar-refractivity contribution in [1.82, 2.24) is 10.6 Å². The molecule has 2 aromatic carbocycles. The van der Waals surface area contributed by atoms with Gasteiger partial charge in [-0.15, -0.1) is 0 Å². The largest absolute Gasteiger partial charge is 0.493 e. The van der Waals surface area contributed by atoms with Gasteiger partial charge in [-0.2, -0.15) is 0 Å². The number of rotatable bonds is 5. The van der Waals surface area contributed by atoms with E-state index in [1.807, 2.05) is 24.3 Å². The van der Waals surface area contributed by atoms with Gasteiger partial charge in [-0.05, 0) is 30.5 Å². The van der Waals surface area contributed by atoms with E-state index in [0.717, 1.165) is 37.8 Å². The SMILES string of the molecule is CCNC(=NCc1ccccc1)NCC1CCOc2ccccc21. The topological polar surface area (TPSA) is 45.7 Å². The van der Waals surface area contributed by atoms with E-state index in [-0.39, 0.29) is 0 Å². The molecule has 126 valence electrons. The smallest absolute Gasteiger partial charge is 0.191 e. The van der Waals surface area contributed by atoms with Crippen LogP contribution in [0.5, 0.6) is 5.75 Å². The van der Waals surface area contributed by atoms with Crippen molar-refractivity contribution in [3.8, 4) is 5.75 Å². The minimum absolute atomic E-state index is 0.454. The van der Waals surface area contributed by atoms with Gasteiger partial charge in [0.15, 0.2) is 5.96 Å². The lowest BCUT2D eigenvalue weighted by atomic mass is 9.93. The van der Waals surface area contributed by atoms with Crippen molar-refractivity contribution in [3.63, 3.8) is 0 Å². The number of hydrogen-bond acceptors (Lipinski definition) is 2. The van der Waals surface area contributed by atoms with E-state index in [4.69, 9.17) is 4.74 Å². The van der Waals surface area contributed by atoms with Crippen molar-refractivity contribution in [3.05, 3.63) is 65.7 Å². The fraction of sp³-hybridized carbons (Fsp3) is 0.350. The Hall–Kier alpha value is -2.49. The van der Waals surface area contributed by atoms with Crippen molar-refractivity contribution in [2.24, 2.45) is 4.99 Å². The maximum Gasteiger partial charge on any atom is 0.191 e. The Morgan fingerprint density at radius 2 is 1.88 bits per heavy atom. The highest BCUT2D eigenvalue weighted by Crippen LogP contribution is 2.32. The highest BCUT2D eigenvalue weighted by Gasteiger charge is 2.20. The number of fused-ring (bicyclic) bond motifs is 1. The monoisotopic (exact) mass is 323 g/mol. The van der Waals surface area contributed by atoms with Gasteiger partial charge in [-0.25, -0.2) is 4.99 Å². The Labute approximate surface area is 144 Å². The Morgan fingerprint density at radius 3 is 2.71 bits per heavy atom. The van der Waals surface area contributed by atoms with Crippen LogP contribution in [-0.4, -0.2) is 25.7 Å². The van der Waals surface area contributed by atoms with Crippen LogP contribution in [-0.2, 0) is 6.54 Å². The Kier molecular flexibility index (Phi) is 5.72. The molecule has 2 N–H and O–H groups in total. The summed E-state index contributed by atoms with van der Waals surface area (Å²) in [7, 11) is 0. The van der Waals surface area contributed by atoms with E-state index in [1.165, 1.54) is 11.1 Å². The average molecular weight is 323 g/mol. The van der Waals surface area contributed by atoms with Gasteiger partial charge in [0, 0.05) is 19.0 Å². The zero-order valence-electron chi connectivity index (χ0n) is 14.2. The minimum atomic E-state index is 0.454. The van der Waals surface area contributed by atoms with E-state index in [9.17, 15) is 0 Å². The summed E-state index contributed by atoms with van der Waals surface area (Å²) < 4.78 is 5.74. The molecule has 1 unspecified atom stereocenters. The second-order valence-corrected chi connectivity index (χ2v) is 5.93. The number of benzene rings is 2. The van der Waals surface area contributed by atoms with Gasteiger partial charge in [-0.3, -0.25) is 0 Å². The van der Waals surface area contributed by atoms with Crippen LogP contribution < -0.4 is 15.4 Å². The standard InChI is InChI=1S/C20H25N3O/c1-2-21-20(22-14-16-8-4-3-5-9-16)23-15-17-12-13-24-19-11-7-6-10-18(17)19/h3-11,17H,2,12-15H2,1H3,(H2,21,22,23). The van der Waals surface area contributed by atoms with E-state index >= 15 is 0 Å². The molecule has 1 aliphatic rings. The second-order valence-electron chi connectivity index (χ2n) is 5.93. The third-order valence-corrected chi connectivity index (χ3v) is 4.21. The van der Waals surface area contributed by atoms with E-state index in [2.05, 4.69) is 52.9 Å². The molecule has 0 aliphatic carbocycles. The molecule has 0 radical (unpaired) electrons. The van der Waals surface area contributed by atoms with Gasteiger partial charge in [0.25, 0.3) is 0 Å². The van der Waals surface area contributed by atoms with Crippen LogP contribution >= 0.6 is 0 Å². The van der Waals surface area contributed by atoms with Crippen LogP contribution in [0, 0.1) is 0 Å². The molecule has 1 atom stereocenters. The summed E-state index contributed by atoms with van der Waals surface area (Å²) in [6, 6.07) is 18.6. The van der Waals surface area contributed by atoms with Crippen LogP contribution in [0.3, 0.4) is 0 Å². The number of nitrogens with one attached hydrogen (secondary N) is 2. The quantitative estimate of drug-likeness (QED) is 0.655. The fourth-order valence-electron chi connectivity index (χ4n) is 2.94. The maximum atomic E-state index is 5.74. The van der Waals surface area contributed by atoms with Gasteiger partial charge in [-0.1, -0.05) is 48.5 Å². The summed E-state index contributed by atoms with van der Waals surface area (Å²) in [6.07, 6.45) is 1.03. The Balaban J connectivity index is 1.62. The van der Waals surface area contributed by atoms with Crippen molar-refractivity contribution in [2.75, 3.05) is 19.7 Å². The van der Waals surface area contributed by atoms with Gasteiger partial charge >= 0.3 is 0 Å². The average Bonchev–Trinajstić information content (AvgIpc) is 2.65. The molecule has 0 spiro atoms. The number of guanidine groups is 1. The third kappa shape index (κ3) is 4.28. The van der Waals surface area contributed by atoms with Crippen LogP contribution in [0.4, 0.5) is 0 Å². The molecule has 1 aliphatic heterocycles.